The van der Waals surface area contributed by atoms with Gasteiger partial charge < -0.3 is 9.73 Å². The monoisotopic (exact) mass is 195 g/mol. The summed E-state index contributed by atoms with van der Waals surface area (Å²) in [5.74, 6) is 1.35. The zero-order valence-electron chi connectivity index (χ0n) is 8.62. The van der Waals surface area contributed by atoms with Gasteiger partial charge in [-0.3, -0.25) is 0 Å². The molecule has 78 valence electrons. The molecule has 4 nitrogen and oxygen atoms in total. The Morgan fingerprint density at radius 3 is 2.71 bits per heavy atom. The second kappa shape index (κ2) is 4.55. The highest BCUT2D eigenvalue weighted by Crippen LogP contribution is 2.17. The summed E-state index contributed by atoms with van der Waals surface area (Å²) >= 11 is 0. The fourth-order valence-corrected chi connectivity index (χ4v) is 1.95. The van der Waals surface area contributed by atoms with Gasteiger partial charge in [0.15, 0.2) is 0 Å². The van der Waals surface area contributed by atoms with Gasteiger partial charge in [0, 0.05) is 13.0 Å². The van der Waals surface area contributed by atoms with Crippen LogP contribution in [0, 0.1) is 6.92 Å². The number of nitrogens with zero attached hydrogens (tertiary/aromatic N) is 2. The Labute approximate surface area is 84.1 Å². The summed E-state index contributed by atoms with van der Waals surface area (Å²) in [7, 11) is 0. The number of hydrogen-bond acceptors (Lipinski definition) is 4. The Morgan fingerprint density at radius 2 is 2.07 bits per heavy atom. The predicted octanol–water partition coefficient (Wildman–Crippen LogP) is 1.80. The van der Waals surface area contributed by atoms with Gasteiger partial charge in [0.25, 0.3) is 0 Å². The minimum absolute atomic E-state index is 0.644. The maximum atomic E-state index is 5.29. The first-order chi connectivity index (χ1) is 6.84. The molecule has 1 saturated carbocycles. The van der Waals surface area contributed by atoms with Crippen LogP contribution in [0.2, 0.25) is 0 Å². The van der Waals surface area contributed by atoms with Gasteiger partial charge in [-0.25, -0.2) is 0 Å². The lowest BCUT2D eigenvalue weighted by atomic mass is 9.95. The van der Waals surface area contributed by atoms with E-state index in [1.54, 1.807) is 0 Å². The number of aromatic nitrogens is 2. The maximum absolute atomic E-state index is 5.29. The molecule has 0 amide bonds. The van der Waals surface area contributed by atoms with E-state index in [4.69, 9.17) is 4.42 Å². The Hall–Kier alpha value is -0.900. The van der Waals surface area contributed by atoms with Gasteiger partial charge in [-0.1, -0.05) is 19.3 Å². The minimum atomic E-state index is 0.644. The highest BCUT2D eigenvalue weighted by atomic mass is 16.4. The van der Waals surface area contributed by atoms with E-state index >= 15 is 0 Å². The van der Waals surface area contributed by atoms with Crippen molar-refractivity contribution >= 4 is 0 Å². The summed E-state index contributed by atoms with van der Waals surface area (Å²) in [6.45, 7) is 2.53. The van der Waals surface area contributed by atoms with Gasteiger partial charge in [0.2, 0.25) is 11.8 Å². The van der Waals surface area contributed by atoms with Crippen molar-refractivity contribution in [3.8, 4) is 0 Å². The third kappa shape index (κ3) is 2.54. The van der Waals surface area contributed by atoms with E-state index in [1.165, 1.54) is 32.1 Å². The number of aryl methyl sites for hydroxylation is 1. The third-order valence-corrected chi connectivity index (χ3v) is 2.72. The molecule has 0 aliphatic heterocycles. The molecule has 1 aromatic rings. The first-order valence-corrected chi connectivity index (χ1v) is 5.37. The van der Waals surface area contributed by atoms with Crippen molar-refractivity contribution in [1.29, 1.82) is 0 Å². The fourth-order valence-electron chi connectivity index (χ4n) is 1.95. The van der Waals surface area contributed by atoms with E-state index < -0.39 is 0 Å². The lowest BCUT2D eigenvalue weighted by molar-refractivity contribution is 0.350. The summed E-state index contributed by atoms with van der Waals surface area (Å²) in [6.07, 6.45) is 6.65. The van der Waals surface area contributed by atoms with E-state index in [-0.39, 0.29) is 0 Å². The molecular formula is C10H17N3O. The third-order valence-electron chi connectivity index (χ3n) is 2.72. The first kappa shape index (κ1) is 9.65. The highest BCUT2D eigenvalue weighted by Gasteiger charge is 2.13. The molecule has 1 aliphatic carbocycles. The largest absolute Gasteiger partial charge is 0.424 e. The molecule has 1 heterocycles. The van der Waals surface area contributed by atoms with Gasteiger partial charge in [0.1, 0.15) is 0 Å². The van der Waals surface area contributed by atoms with Crippen molar-refractivity contribution in [2.45, 2.75) is 51.6 Å². The van der Waals surface area contributed by atoms with Gasteiger partial charge in [0.05, 0.1) is 6.54 Å². The topological polar surface area (TPSA) is 51.0 Å². The summed E-state index contributed by atoms with van der Waals surface area (Å²) in [6, 6.07) is 0.649. The van der Waals surface area contributed by atoms with Gasteiger partial charge in [-0.2, -0.15) is 0 Å². The van der Waals surface area contributed by atoms with Crippen LogP contribution in [-0.2, 0) is 6.54 Å². The average molecular weight is 195 g/mol. The van der Waals surface area contributed by atoms with Crippen LogP contribution in [0.5, 0.6) is 0 Å². The molecule has 0 unspecified atom stereocenters. The molecule has 14 heavy (non-hydrogen) atoms. The van der Waals surface area contributed by atoms with Crippen LogP contribution in [0.25, 0.3) is 0 Å². The minimum Gasteiger partial charge on any atom is -0.424 e. The van der Waals surface area contributed by atoms with Crippen molar-refractivity contribution in [1.82, 2.24) is 15.5 Å². The quantitative estimate of drug-likeness (QED) is 0.799. The molecule has 4 heteroatoms. The zero-order chi connectivity index (χ0) is 9.80. The van der Waals surface area contributed by atoms with Gasteiger partial charge in [-0.15, -0.1) is 10.2 Å². The summed E-state index contributed by atoms with van der Waals surface area (Å²) < 4.78 is 5.29. The highest BCUT2D eigenvalue weighted by molar-refractivity contribution is 4.80. The maximum Gasteiger partial charge on any atom is 0.230 e. The predicted molar refractivity (Wildman–Crippen MR) is 52.7 cm³/mol. The zero-order valence-corrected chi connectivity index (χ0v) is 8.62. The van der Waals surface area contributed by atoms with Crippen molar-refractivity contribution in [3.05, 3.63) is 11.8 Å². The Kier molecular flexibility index (Phi) is 3.14. The number of nitrogens with one attached hydrogen (secondary N) is 1. The molecule has 0 aromatic carbocycles. The molecule has 0 spiro atoms. The van der Waals surface area contributed by atoms with Crippen molar-refractivity contribution in [2.24, 2.45) is 0 Å². The van der Waals surface area contributed by atoms with Crippen LogP contribution in [0.3, 0.4) is 0 Å². The standard InChI is InChI=1S/C10H17N3O/c1-8-12-13-10(14-8)7-11-9-5-3-2-4-6-9/h9,11H,2-7H2,1H3. The molecule has 1 aliphatic rings. The molecule has 0 saturated heterocycles. The molecule has 0 radical (unpaired) electrons. The molecule has 0 atom stereocenters. The lowest BCUT2D eigenvalue weighted by Crippen LogP contribution is -2.30. The van der Waals surface area contributed by atoms with Crippen molar-refractivity contribution in [3.63, 3.8) is 0 Å². The molecule has 2 rings (SSSR count). The second-order valence-corrected chi connectivity index (χ2v) is 3.93. The van der Waals surface area contributed by atoms with Crippen molar-refractivity contribution in [2.75, 3.05) is 0 Å². The summed E-state index contributed by atoms with van der Waals surface area (Å²) in [4.78, 5) is 0. The number of rotatable bonds is 3. The van der Waals surface area contributed by atoms with Crippen LogP contribution in [-0.4, -0.2) is 16.2 Å². The van der Waals surface area contributed by atoms with Gasteiger partial charge >= 0.3 is 0 Å². The van der Waals surface area contributed by atoms with E-state index in [1.807, 2.05) is 6.92 Å². The van der Waals surface area contributed by atoms with Crippen LogP contribution in [0.15, 0.2) is 4.42 Å². The Bertz CT molecular complexity index is 279. The van der Waals surface area contributed by atoms with Crippen LogP contribution < -0.4 is 5.32 Å². The van der Waals surface area contributed by atoms with Crippen molar-refractivity contribution < 1.29 is 4.42 Å². The van der Waals surface area contributed by atoms with Gasteiger partial charge in [-0.05, 0) is 12.8 Å². The Balaban J connectivity index is 1.76. The van der Waals surface area contributed by atoms with Crippen LogP contribution in [0.4, 0.5) is 0 Å². The summed E-state index contributed by atoms with van der Waals surface area (Å²) in [5, 5.41) is 11.2. The molecule has 1 aromatic heterocycles. The smallest absolute Gasteiger partial charge is 0.230 e. The van der Waals surface area contributed by atoms with E-state index in [0.29, 0.717) is 24.4 Å². The SMILES string of the molecule is Cc1nnc(CNC2CCCCC2)o1. The van der Waals surface area contributed by atoms with E-state index in [9.17, 15) is 0 Å². The first-order valence-electron chi connectivity index (χ1n) is 5.37. The molecule has 1 N–H and O–H groups in total. The van der Waals surface area contributed by atoms with E-state index in [2.05, 4.69) is 15.5 Å². The average Bonchev–Trinajstić information content (AvgIpc) is 2.63. The molecule has 0 bridgehead atoms. The molecule has 1 fully saturated rings. The van der Waals surface area contributed by atoms with Crippen LogP contribution in [0.1, 0.15) is 43.9 Å². The normalized spacial score (nSPS) is 18.6. The second-order valence-electron chi connectivity index (χ2n) is 3.93. The lowest BCUT2D eigenvalue weighted by Gasteiger charge is -2.21. The summed E-state index contributed by atoms with van der Waals surface area (Å²) in [5.41, 5.74) is 0. The molecular weight excluding hydrogens is 178 g/mol. The fraction of sp³-hybridized carbons (Fsp3) is 0.800. The van der Waals surface area contributed by atoms with E-state index in [0.717, 1.165) is 0 Å². The van der Waals surface area contributed by atoms with Crippen LogP contribution >= 0.6 is 0 Å². The number of hydrogen-bond donors (Lipinski definition) is 1. The Morgan fingerprint density at radius 1 is 1.29 bits per heavy atom.